The molecule has 3 aromatic carbocycles. The maximum absolute atomic E-state index is 12.2. The first-order valence-corrected chi connectivity index (χ1v) is 10.1. The van der Waals surface area contributed by atoms with Crippen molar-refractivity contribution in [2.45, 2.75) is 13.5 Å². The summed E-state index contributed by atoms with van der Waals surface area (Å²) in [5.74, 6) is -0.169. The van der Waals surface area contributed by atoms with E-state index in [2.05, 4.69) is 15.5 Å². The smallest absolute Gasteiger partial charge is 0.338 e. The zero-order valence-electron chi connectivity index (χ0n) is 17.4. The van der Waals surface area contributed by atoms with Gasteiger partial charge < -0.3 is 14.5 Å². The number of aromatic nitrogens is 2. The van der Waals surface area contributed by atoms with Crippen molar-refractivity contribution in [2.24, 2.45) is 0 Å². The van der Waals surface area contributed by atoms with Crippen LogP contribution in [-0.2, 0) is 16.1 Å². The Bertz CT molecular complexity index is 1220. The van der Waals surface area contributed by atoms with Crippen LogP contribution in [-0.4, -0.2) is 28.7 Å². The van der Waals surface area contributed by atoms with E-state index in [4.69, 9.17) is 9.15 Å². The molecular formula is C25H21N3O4. The van der Waals surface area contributed by atoms with Crippen molar-refractivity contribution in [1.29, 1.82) is 0 Å². The van der Waals surface area contributed by atoms with Gasteiger partial charge in [-0.1, -0.05) is 48.5 Å². The van der Waals surface area contributed by atoms with Crippen LogP contribution in [0.1, 0.15) is 21.5 Å². The van der Waals surface area contributed by atoms with Gasteiger partial charge in [0, 0.05) is 17.7 Å². The van der Waals surface area contributed by atoms with Crippen LogP contribution >= 0.6 is 0 Å². The van der Waals surface area contributed by atoms with Gasteiger partial charge in [-0.25, -0.2) is 4.79 Å². The van der Waals surface area contributed by atoms with Gasteiger partial charge in [-0.2, -0.15) is 0 Å². The number of carbonyl (C=O) groups excluding carboxylic acids is 2. The van der Waals surface area contributed by atoms with Gasteiger partial charge in [-0.05, 0) is 48.4 Å². The van der Waals surface area contributed by atoms with Gasteiger partial charge in [0.1, 0.15) is 0 Å². The van der Waals surface area contributed by atoms with E-state index in [9.17, 15) is 9.59 Å². The summed E-state index contributed by atoms with van der Waals surface area (Å²) in [6.45, 7) is 2.00. The van der Waals surface area contributed by atoms with Gasteiger partial charge in [-0.3, -0.25) is 4.79 Å². The molecule has 1 heterocycles. The Kier molecular flexibility index (Phi) is 6.36. The maximum atomic E-state index is 12.2. The number of nitrogens with one attached hydrogen (secondary N) is 1. The summed E-state index contributed by atoms with van der Waals surface area (Å²) in [5, 5.41) is 10.9. The maximum Gasteiger partial charge on any atom is 0.338 e. The van der Waals surface area contributed by atoms with Gasteiger partial charge in [0.05, 0.1) is 5.56 Å². The first kappa shape index (κ1) is 21.0. The molecule has 1 amide bonds. The molecular weight excluding hydrogens is 406 g/mol. The molecule has 7 nitrogen and oxygen atoms in total. The summed E-state index contributed by atoms with van der Waals surface area (Å²) in [6, 6.07) is 23.8. The molecule has 1 aromatic heterocycles. The van der Waals surface area contributed by atoms with E-state index >= 15 is 0 Å². The average Bonchev–Trinajstić information content (AvgIpc) is 3.32. The monoisotopic (exact) mass is 427 g/mol. The van der Waals surface area contributed by atoms with Crippen LogP contribution in [0.3, 0.4) is 0 Å². The highest BCUT2D eigenvalue weighted by Gasteiger charge is 2.14. The van der Waals surface area contributed by atoms with E-state index in [0.717, 1.165) is 16.7 Å². The van der Waals surface area contributed by atoms with Gasteiger partial charge in [0.15, 0.2) is 6.61 Å². The van der Waals surface area contributed by atoms with Gasteiger partial charge in [0.2, 0.25) is 11.8 Å². The van der Waals surface area contributed by atoms with Crippen LogP contribution in [0, 0.1) is 6.92 Å². The highest BCUT2D eigenvalue weighted by Crippen LogP contribution is 2.26. The Morgan fingerprint density at radius 2 is 1.56 bits per heavy atom. The van der Waals surface area contributed by atoms with Crippen molar-refractivity contribution in [1.82, 2.24) is 15.5 Å². The molecule has 0 unspecified atom stereocenters. The number of aryl methyl sites for hydroxylation is 1. The molecule has 7 heteroatoms. The molecule has 0 spiro atoms. The lowest BCUT2D eigenvalue weighted by Gasteiger charge is -2.07. The lowest BCUT2D eigenvalue weighted by Crippen LogP contribution is -2.28. The quantitative estimate of drug-likeness (QED) is 0.445. The van der Waals surface area contributed by atoms with E-state index in [1.54, 1.807) is 24.3 Å². The Labute approximate surface area is 185 Å². The molecule has 0 aliphatic carbocycles. The first-order chi connectivity index (χ1) is 15.6. The molecule has 4 aromatic rings. The van der Waals surface area contributed by atoms with Crippen molar-refractivity contribution >= 4 is 11.9 Å². The van der Waals surface area contributed by atoms with Crippen molar-refractivity contribution < 1.29 is 18.7 Å². The Morgan fingerprint density at radius 3 is 2.31 bits per heavy atom. The van der Waals surface area contributed by atoms with Gasteiger partial charge in [0.25, 0.3) is 5.91 Å². The predicted octanol–water partition coefficient (Wildman–Crippen LogP) is 4.19. The van der Waals surface area contributed by atoms with E-state index < -0.39 is 5.97 Å². The minimum atomic E-state index is -0.586. The molecule has 0 saturated heterocycles. The minimum absolute atomic E-state index is 0.322. The van der Waals surface area contributed by atoms with Crippen LogP contribution < -0.4 is 5.32 Å². The summed E-state index contributed by atoms with van der Waals surface area (Å²) in [7, 11) is 0. The van der Waals surface area contributed by atoms with Crippen molar-refractivity contribution in [3.63, 3.8) is 0 Å². The van der Waals surface area contributed by atoms with Crippen molar-refractivity contribution in [2.75, 3.05) is 6.61 Å². The number of esters is 1. The van der Waals surface area contributed by atoms with Crippen LogP contribution in [0.5, 0.6) is 0 Å². The Balaban J connectivity index is 1.33. The van der Waals surface area contributed by atoms with E-state index in [1.165, 1.54) is 0 Å². The van der Waals surface area contributed by atoms with Gasteiger partial charge >= 0.3 is 5.97 Å². The van der Waals surface area contributed by atoms with Crippen LogP contribution in [0.2, 0.25) is 0 Å². The third-order valence-electron chi connectivity index (χ3n) is 4.83. The fraction of sp³-hybridized carbons (Fsp3) is 0.120. The summed E-state index contributed by atoms with van der Waals surface area (Å²) in [5.41, 5.74) is 3.87. The second-order valence-electron chi connectivity index (χ2n) is 7.14. The number of nitrogens with zero attached hydrogens (tertiary/aromatic N) is 2. The van der Waals surface area contributed by atoms with Crippen LogP contribution in [0.15, 0.2) is 83.3 Å². The summed E-state index contributed by atoms with van der Waals surface area (Å²) in [4.78, 5) is 24.2. The van der Waals surface area contributed by atoms with E-state index in [1.807, 2.05) is 61.5 Å². The molecule has 0 radical (unpaired) electrons. The highest BCUT2D eigenvalue weighted by atomic mass is 16.5. The van der Waals surface area contributed by atoms with Crippen molar-refractivity contribution in [3.8, 4) is 22.9 Å². The predicted molar refractivity (Wildman–Crippen MR) is 118 cm³/mol. The third-order valence-corrected chi connectivity index (χ3v) is 4.83. The molecule has 0 aliphatic heterocycles. The number of carbonyl (C=O) groups is 2. The zero-order chi connectivity index (χ0) is 22.3. The number of rotatable bonds is 7. The van der Waals surface area contributed by atoms with E-state index in [-0.39, 0.29) is 12.5 Å². The normalized spacial score (nSPS) is 10.5. The molecule has 0 saturated carbocycles. The Morgan fingerprint density at radius 1 is 0.875 bits per heavy atom. The first-order valence-electron chi connectivity index (χ1n) is 10.1. The fourth-order valence-electron chi connectivity index (χ4n) is 3.07. The highest BCUT2D eigenvalue weighted by molar-refractivity contribution is 5.91. The molecule has 4 rings (SSSR count). The summed E-state index contributed by atoms with van der Waals surface area (Å²) < 4.78 is 10.9. The summed E-state index contributed by atoms with van der Waals surface area (Å²) in [6.07, 6.45) is 0. The standard InChI is InChI=1S/C25H21N3O4/c1-17-7-5-6-10-21(17)24-28-27-23(32-24)19-11-13-20(14-12-19)25(30)31-16-22(29)26-15-18-8-3-2-4-9-18/h2-14H,15-16H2,1H3,(H,26,29). The third kappa shape index (κ3) is 5.07. The number of amides is 1. The Hall–Kier alpha value is -4.26. The second-order valence-corrected chi connectivity index (χ2v) is 7.14. The fourth-order valence-corrected chi connectivity index (χ4v) is 3.07. The molecule has 0 bridgehead atoms. The van der Waals surface area contributed by atoms with Crippen LogP contribution in [0.25, 0.3) is 22.9 Å². The van der Waals surface area contributed by atoms with Crippen molar-refractivity contribution in [3.05, 3.63) is 95.6 Å². The summed E-state index contributed by atoms with van der Waals surface area (Å²) >= 11 is 0. The number of ether oxygens (including phenoxy) is 1. The molecule has 0 aliphatic rings. The van der Waals surface area contributed by atoms with Crippen LogP contribution in [0.4, 0.5) is 0 Å². The molecule has 1 N–H and O–H groups in total. The van der Waals surface area contributed by atoms with Gasteiger partial charge in [-0.15, -0.1) is 10.2 Å². The zero-order valence-corrected chi connectivity index (χ0v) is 17.4. The number of hydrogen-bond acceptors (Lipinski definition) is 6. The average molecular weight is 427 g/mol. The number of benzene rings is 3. The van der Waals surface area contributed by atoms with E-state index in [0.29, 0.717) is 29.5 Å². The SMILES string of the molecule is Cc1ccccc1-c1nnc(-c2ccc(C(=O)OCC(=O)NCc3ccccc3)cc2)o1. The lowest BCUT2D eigenvalue weighted by molar-refractivity contribution is -0.124. The lowest BCUT2D eigenvalue weighted by atomic mass is 10.1. The molecule has 0 fully saturated rings. The number of hydrogen-bond donors (Lipinski definition) is 1. The topological polar surface area (TPSA) is 94.3 Å². The molecule has 32 heavy (non-hydrogen) atoms. The minimum Gasteiger partial charge on any atom is -0.452 e. The second kappa shape index (κ2) is 9.70. The molecule has 0 atom stereocenters. The molecule has 160 valence electrons. The largest absolute Gasteiger partial charge is 0.452 e.